The Hall–Kier alpha value is -3.94. The summed E-state index contributed by atoms with van der Waals surface area (Å²) in [6, 6.07) is 12.9. The van der Waals surface area contributed by atoms with E-state index in [-0.39, 0.29) is 17.9 Å². The topological polar surface area (TPSA) is 68.0 Å². The summed E-state index contributed by atoms with van der Waals surface area (Å²) in [5, 5.41) is 11.5. The van der Waals surface area contributed by atoms with Gasteiger partial charge in [0.2, 0.25) is 11.8 Å². The maximum absolute atomic E-state index is 14.1. The highest BCUT2D eigenvalue weighted by atomic mass is 19.1. The van der Waals surface area contributed by atoms with E-state index in [4.69, 9.17) is 0 Å². The van der Waals surface area contributed by atoms with Gasteiger partial charge in [-0.2, -0.15) is 9.37 Å². The number of unbranched alkanes of at least 4 members (excludes halogenated alkanes) is 1. The number of halogens is 3. The molecule has 38 heavy (non-hydrogen) atoms. The van der Waals surface area contributed by atoms with Crippen molar-refractivity contribution in [3.8, 4) is 17.0 Å². The molecule has 2 heterocycles. The number of aromatic hydroxyl groups is 1. The lowest BCUT2D eigenvalue weighted by atomic mass is 9.98. The Labute approximate surface area is 219 Å². The normalized spacial score (nSPS) is 12.1. The lowest BCUT2D eigenvalue weighted by Gasteiger charge is -2.25. The van der Waals surface area contributed by atoms with Crippen molar-refractivity contribution in [2.24, 2.45) is 0 Å². The standard InChI is InChI=1S/C30H30F3N3O2/c1-4-6-10-28-35-29(37)25(30(38)36(28)26(5-2)21-15-22(31)17-23(32)16-21)14-19-8-7-9-20(13-19)24-11-12-27(33)34-18(24)3/h7-9,11-13,15-17,26,38H,4-6,10,14H2,1-3H3/t26-/m0/s1. The molecule has 5 nitrogen and oxygen atoms in total. The molecule has 0 aliphatic carbocycles. The number of pyridine rings is 1. The van der Waals surface area contributed by atoms with Crippen molar-refractivity contribution in [2.45, 2.75) is 58.9 Å². The van der Waals surface area contributed by atoms with Gasteiger partial charge in [0, 0.05) is 30.2 Å². The van der Waals surface area contributed by atoms with Crippen LogP contribution in [0.25, 0.3) is 11.1 Å². The van der Waals surface area contributed by atoms with Gasteiger partial charge in [0.1, 0.15) is 17.5 Å². The maximum atomic E-state index is 14.1. The zero-order valence-electron chi connectivity index (χ0n) is 21.6. The molecule has 0 spiro atoms. The van der Waals surface area contributed by atoms with Crippen molar-refractivity contribution in [1.29, 1.82) is 0 Å². The first-order valence-electron chi connectivity index (χ1n) is 12.7. The SMILES string of the molecule is CCCCc1nc(=O)c(Cc2cccc(-c3ccc(F)nc3C)c2)c(O)n1[C@@H](CC)c1cc(F)cc(F)c1. The Morgan fingerprint density at radius 3 is 2.37 bits per heavy atom. The highest BCUT2D eigenvalue weighted by Crippen LogP contribution is 2.32. The van der Waals surface area contributed by atoms with E-state index in [0.29, 0.717) is 29.9 Å². The van der Waals surface area contributed by atoms with Gasteiger partial charge >= 0.3 is 0 Å². The zero-order valence-corrected chi connectivity index (χ0v) is 21.6. The van der Waals surface area contributed by atoms with Crippen LogP contribution in [0.15, 0.2) is 59.4 Å². The minimum Gasteiger partial charge on any atom is -0.494 e. The minimum atomic E-state index is -0.718. The Kier molecular flexibility index (Phi) is 8.29. The van der Waals surface area contributed by atoms with E-state index in [2.05, 4.69) is 9.97 Å². The van der Waals surface area contributed by atoms with Gasteiger partial charge in [0.25, 0.3) is 5.56 Å². The molecule has 2 aromatic heterocycles. The first-order chi connectivity index (χ1) is 18.2. The summed E-state index contributed by atoms with van der Waals surface area (Å²) >= 11 is 0. The average Bonchev–Trinajstić information content (AvgIpc) is 2.86. The summed E-state index contributed by atoms with van der Waals surface area (Å²) in [5.41, 5.74) is 2.70. The van der Waals surface area contributed by atoms with Crippen LogP contribution in [0.4, 0.5) is 13.2 Å². The van der Waals surface area contributed by atoms with Crippen molar-refractivity contribution in [3.63, 3.8) is 0 Å². The molecule has 0 aliphatic rings. The van der Waals surface area contributed by atoms with Gasteiger partial charge in [0.05, 0.1) is 11.6 Å². The zero-order chi connectivity index (χ0) is 27.4. The molecule has 0 saturated carbocycles. The third kappa shape index (κ3) is 5.79. The smallest absolute Gasteiger partial charge is 0.280 e. The summed E-state index contributed by atoms with van der Waals surface area (Å²) in [5.74, 6) is -1.89. The molecule has 1 N–H and O–H groups in total. The number of benzene rings is 2. The van der Waals surface area contributed by atoms with E-state index in [0.717, 1.165) is 35.6 Å². The molecule has 1 atom stereocenters. The molecule has 0 radical (unpaired) electrons. The molecule has 0 unspecified atom stereocenters. The molecular formula is C30H30F3N3O2. The molecule has 8 heteroatoms. The van der Waals surface area contributed by atoms with E-state index in [9.17, 15) is 23.1 Å². The van der Waals surface area contributed by atoms with Crippen LogP contribution in [0.3, 0.4) is 0 Å². The molecular weight excluding hydrogens is 491 g/mol. The lowest BCUT2D eigenvalue weighted by Crippen LogP contribution is -2.26. The average molecular weight is 522 g/mol. The predicted molar refractivity (Wildman–Crippen MR) is 141 cm³/mol. The van der Waals surface area contributed by atoms with Crippen molar-refractivity contribution >= 4 is 0 Å². The van der Waals surface area contributed by atoms with Gasteiger partial charge in [-0.25, -0.2) is 13.8 Å². The molecule has 0 amide bonds. The molecule has 4 aromatic rings. The van der Waals surface area contributed by atoms with Crippen LogP contribution < -0.4 is 5.56 Å². The molecule has 2 aromatic carbocycles. The highest BCUT2D eigenvalue weighted by molar-refractivity contribution is 5.66. The Balaban J connectivity index is 1.81. The number of hydrogen-bond donors (Lipinski definition) is 1. The maximum Gasteiger partial charge on any atom is 0.280 e. The second kappa shape index (κ2) is 11.6. The summed E-state index contributed by atoms with van der Waals surface area (Å²) in [4.78, 5) is 21.3. The second-order valence-electron chi connectivity index (χ2n) is 9.38. The van der Waals surface area contributed by atoms with E-state index >= 15 is 0 Å². The Morgan fingerprint density at radius 1 is 0.974 bits per heavy atom. The van der Waals surface area contributed by atoms with Gasteiger partial charge in [-0.1, -0.05) is 44.5 Å². The van der Waals surface area contributed by atoms with Crippen LogP contribution in [0.5, 0.6) is 5.88 Å². The monoisotopic (exact) mass is 521 g/mol. The van der Waals surface area contributed by atoms with Crippen molar-refractivity contribution in [1.82, 2.24) is 14.5 Å². The predicted octanol–water partition coefficient (Wildman–Crippen LogP) is 6.67. The fourth-order valence-corrected chi connectivity index (χ4v) is 4.82. The third-order valence-corrected chi connectivity index (χ3v) is 6.66. The molecule has 4 rings (SSSR count). The first kappa shape index (κ1) is 27.1. The Morgan fingerprint density at radius 2 is 1.71 bits per heavy atom. The summed E-state index contributed by atoms with van der Waals surface area (Å²) in [6.45, 7) is 5.56. The van der Waals surface area contributed by atoms with Crippen molar-refractivity contribution < 1.29 is 18.3 Å². The summed E-state index contributed by atoms with van der Waals surface area (Å²) < 4.78 is 43.2. The minimum absolute atomic E-state index is 0.0845. The van der Waals surface area contributed by atoms with Crippen LogP contribution >= 0.6 is 0 Å². The van der Waals surface area contributed by atoms with E-state index in [1.54, 1.807) is 17.6 Å². The fraction of sp³-hybridized carbons (Fsp3) is 0.300. The van der Waals surface area contributed by atoms with Gasteiger partial charge in [-0.05, 0) is 60.7 Å². The number of aryl methyl sites for hydroxylation is 2. The first-order valence-corrected chi connectivity index (χ1v) is 12.7. The van der Waals surface area contributed by atoms with Gasteiger partial charge < -0.3 is 5.11 Å². The fourth-order valence-electron chi connectivity index (χ4n) is 4.82. The lowest BCUT2D eigenvalue weighted by molar-refractivity contribution is 0.367. The summed E-state index contributed by atoms with van der Waals surface area (Å²) in [6.07, 6.45) is 2.49. The van der Waals surface area contributed by atoms with E-state index < -0.39 is 29.2 Å². The third-order valence-electron chi connectivity index (χ3n) is 6.66. The molecule has 0 bridgehead atoms. The van der Waals surface area contributed by atoms with Gasteiger partial charge in [0.15, 0.2) is 0 Å². The van der Waals surface area contributed by atoms with Crippen LogP contribution in [0.1, 0.15) is 67.4 Å². The van der Waals surface area contributed by atoms with Crippen LogP contribution in [-0.2, 0) is 12.8 Å². The van der Waals surface area contributed by atoms with Gasteiger partial charge in [-0.15, -0.1) is 0 Å². The number of hydrogen-bond acceptors (Lipinski definition) is 4. The quantitative estimate of drug-likeness (QED) is 0.250. The Bertz CT molecular complexity index is 1500. The second-order valence-corrected chi connectivity index (χ2v) is 9.38. The van der Waals surface area contributed by atoms with E-state index in [1.165, 1.54) is 18.2 Å². The highest BCUT2D eigenvalue weighted by Gasteiger charge is 2.24. The van der Waals surface area contributed by atoms with Crippen LogP contribution in [-0.4, -0.2) is 19.6 Å². The summed E-state index contributed by atoms with van der Waals surface area (Å²) in [7, 11) is 0. The van der Waals surface area contributed by atoms with Crippen LogP contribution in [0.2, 0.25) is 0 Å². The molecule has 0 aliphatic heterocycles. The van der Waals surface area contributed by atoms with Crippen molar-refractivity contribution in [3.05, 3.63) is 111 Å². The number of rotatable bonds is 9. The number of aromatic nitrogens is 3. The molecule has 198 valence electrons. The molecule has 0 fully saturated rings. The molecule has 0 saturated heterocycles. The van der Waals surface area contributed by atoms with Gasteiger partial charge in [-0.3, -0.25) is 9.36 Å². The van der Waals surface area contributed by atoms with E-state index in [1.807, 2.05) is 38.1 Å². The van der Waals surface area contributed by atoms with Crippen LogP contribution in [0, 0.1) is 24.5 Å². The van der Waals surface area contributed by atoms with Crippen molar-refractivity contribution in [2.75, 3.05) is 0 Å². The number of nitrogens with zero attached hydrogens (tertiary/aromatic N) is 3. The largest absolute Gasteiger partial charge is 0.494 e.